The number of ether oxygens (including phenoxy) is 1. The van der Waals surface area contributed by atoms with Crippen molar-refractivity contribution in [3.05, 3.63) is 36.3 Å². The highest BCUT2D eigenvalue weighted by Crippen LogP contribution is 2.32. The molecule has 1 heterocycles. The van der Waals surface area contributed by atoms with Gasteiger partial charge in [0.1, 0.15) is 11.5 Å². The summed E-state index contributed by atoms with van der Waals surface area (Å²) in [6, 6.07) is 7.63. The smallest absolute Gasteiger partial charge is 0.520 e. The highest BCUT2D eigenvalue weighted by Gasteiger charge is 2.28. The molecule has 0 aliphatic carbocycles. The Balaban J connectivity index is 1.65. The monoisotopic (exact) mass is 274 g/mol. The Labute approximate surface area is 119 Å². The minimum atomic E-state index is -0.335. The molecule has 2 rings (SSSR count). The van der Waals surface area contributed by atoms with Crippen LogP contribution in [0.3, 0.4) is 0 Å². The van der Waals surface area contributed by atoms with Crippen molar-refractivity contribution in [2.75, 3.05) is 0 Å². The maximum absolute atomic E-state index is 10.8. The Morgan fingerprint density at radius 2 is 2.00 bits per heavy atom. The molecule has 106 valence electrons. The predicted octanol–water partition coefficient (Wildman–Crippen LogP) is 3.16. The fourth-order valence-corrected chi connectivity index (χ4v) is 2.07. The third-order valence-corrected chi connectivity index (χ3v) is 2.98. The number of allylic oxidation sites excluding steroid dienone is 1. The number of unbranched alkanes of at least 4 members (excludes halogenated alkanes) is 1. The quantitative estimate of drug-likeness (QED) is 0.454. The van der Waals surface area contributed by atoms with Crippen LogP contribution in [-0.2, 0) is 9.53 Å². The summed E-state index contributed by atoms with van der Waals surface area (Å²) in [6.45, 7) is 3.34. The average Bonchev–Trinajstić information content (AvgIpc) is 2.80. The zero-order chi connectivity index (χ0) is 14.4. The molecule has 1 aromatic carbocycles. The van der Waals surface area contributed by atoms with E-state index in [9.17, 15) is 4.79 Å². The van der Waals surface area contributed by atoms with Crippen LogP contribution in [0.5, 0.6) is 11.5 Å². The van der Waals surface area contributed by atoms with Crippen molar-refractivity contribution in [1.82, 2.24) is 0 Å². The van der Waals surface area contributed by atoms with Crippen LogP contribution in [0.2, 0.25) is 0 Å². The number of carbonyl (C=O) groups is 1. The summed E-state index contributed by atoms with van der Waals surface area (Å²) < 4.78 is 16.3. The molecule has 0 saturated carbocycles. The zero-order valence-electron chi connectivity index (χ0n) is 11.9. The first-order valence-corrected chi connectivity index (χ1v) is 6.91. The molecule has 0 aromatic heterocycles. The van der Waals surface area contributed by atoms with Crippen molar-refractivity contribution in [2.24, 2.45) is 0 Å². The Bertz CT molecular complexity index is 462. The lowest BCUT2D eigenvalue weighted by Crippen LogP contribution is -2.21. The van der Waals surface area contributed by atoms with Crippen LogP contribution >= 0.6 is 0 Å². The Kier molecular flexibility index (Phi) is 5.10. The molecule has 0 radical (unpaired) electrons. The van der Waals surface area contributed by atoms with Crippen LogP contribution < -0.4 is 9.31 Å². The van der Waals surface area contributed by atoms with Crippen LogP contribution in [0.25, 0.3) is 0 Å². The number of hydrogen-bond acceptors (Lipinski definition) is 4. The molecule has 1 unspecified atom stereocenters. The van der Waals surface area contributed by atoms with E-state index in [-0.39, 0.29) is 19.2 Å². The van der Waals surface area contributed by atoms with E-state index in [0.29, 0.717) is 0 Å². The molecular formula is C15H19BO4. The van der Waals surface area contributed by atoms with E-state index < -0.39 is 0 Å². The molecule has 0 N–H and O–H groups in total. The van der Waals surface area contributed by atoms with Crippen LogP contribution in [-0.4, -0.2) is 19.2 Å². The number of benzene rings is 1. The Hall–Kier alpha value is -1.91. The molecule has 0 amide bonds. The molecule has 0 spiro atoms. The van der Waals surface area contributed by atoms with Gasteiger partial charge < -0.3 is 14.0 Å². The van der Waals surface area contributed by atoms with E-state index in [4.69, 9.17) is 14.0 Å². The molecule has 1 atom stereocenters. The first-order valence-electron chi connectivity index (χ1n) is 6.91. The largest absolute Gasteiger partial charge is 0.624 e. The highest BCUT2D eigenvalue weighted by molar-refractivity contribution is 6.53. The summed E-state index contributed by atoms with van der Waals surface area (Å²) in [7, 11) is -0.335. The molecule has 0 bridgehead atoms. The van der Waals surface area contributed by atoms with Gasteiger partial charge in [-0.1, -0.05) is 18.2 Å². The lowest BCUT2D eigenvalue weighted by molar-refractivity contribution is -0.145. The van der Waals surface area contributed by atoms with Gasteiger partial charge in [0.15, 0.2) is 0 Å². The van der Waals surface area contributed by atoms with Crippen LogP contribution in [0.15, 0.2) is 36.3 Å². The van der Waals surface area contributed by atoms with Gasteiger partial charge in [0.2, 0.25) is 0 Å². The molecule has 1 aliphatic heterocycles. The van der Waals surface area contributed by atoms with Gasteiger partial charge in [-0.2, -0.15) is 0 Å². The minimum absolute atomic E-state index is 0.0239. The van der Waals surface area contributed by atoms with Crippen LogP contribution in [0.1, 0.15) is 33.1 Å². The second kappa shape index (κ2) is 7.03. The minimum Gasteiger partial charge on any atom is -0.520 e. The van der Waals surface area contributed by atoms with Gasteiger partial charge in [0, 0.05) is 6.92 Å². The Morgan fingerprint density at radius 3 is 2.60 bits per heavy atom. The SMILES string of the molecule is CC(=O)OC(C)CCCC=CB1Oc2ccccc2O1. The number of esters is 1. The molecule has 1 aromatic rings. The van der Waals surface area contributed by atoms with Gasteiger partial charge in [0.05, 0.1) is 6.10 Å². The molecule has 1 aliphatic rings. The first kappa shape index (κ1) is 14.5. The molecule has 5 heteroatoms. The number of para-hydroxylation sites is 2. The van der Waals surface area contributed by atoms with Crippen molar-refractivity contribution in [2.45, 2.75) is 39.2 Å². The van der Waals surface area contributed by atoms with Crippen LogP contribution in [0.4, 0.5) is 0 Å². The van der Waals surface area contributed by atoms with E-state index >= 15 is 0 Å². The number of carbonyl (C=O) groups excluding carboxylic acids is 1. The molecule has 4 nitrogen and oxygen atoms in total. The normalized spacial score (nSPS) is 14.6. The van der Waals surface area contributed by atoms with Crippen LogP contribution in [0, 0.1) is 0 Å². The lowest BCUT2D eigenvalue weighted by atomic mass is 9.90. The van der Waals surface area contributed by atoms with Gasteiger partial charge in [-0.25, -0.2) is 0 Å². The third-order valence-electron chi connectivity index (χ3n) is 2.98. The van der Waals surface area contributed by atoms with Crippen molar-refractivity contribution >= 4 is 13.1 Å². The van der Waals surface area contributed by atoms with Crippen molar-refractivity contribution in [3.63, 3.8) is 0 Å². The fraction of sp³-hybridized carbons (Fsp3) is 0.400. The summed E-state index contributed by atoms with van der Waals surface area (Å²) in [4.78, 5) is 10.8. The van der Waals surface area contributed by atoms with Gasteiger partial charge in [-0.3, -0.25) is 4.79 Å². The lowest BCUT2D eigenvalue weighted by Gasteiger charge is -2.10. The van der Waals surface area contributed by atoms with E-state index in [1.54, 1.807) is 0 Å². The molecule has 20 heavy (non-hydrogen) atoms. The van der Waals surface area contributed by atoms with Gasteiger partial charge in [-0.15, -0.1) is 0 Å². The summed E-state index contributed by atoms with van der Waals surface area (Å²) >= 11 is 0. The second-order valence-corrected chi connectivity index (χ2v) is 4.83. The summed E-state index contributed by atoms with van der Waals surface area (Å²) in [5, 5.41) is 0. The highest BCUT2D eigenvalue weighted by atomic mass is 16.6. The average molecular weight is 274 g/mol. The maximum atomic E-state index is 10.8. The molecule has 0 fully saturated rings. The fourth-order valence-electron chi connectivity index (χ4n) is 2.07. The van der Waals surface area contributed by atoms with E-state index in [1.165, 1.54) is 6.92 Å². The number of rotatable bonds is 6. The van der Waals surface area contributed by atoms with Gasteiger partial charge >= 0.3 is 13.1 Å². The Morgan fingerprint density at radius 1 is 1.35 bits per heavy atom. The van der Waals surface area contributed by atoms with Gasteiger partial charge in [0.25, 0.3) is 0 Å². The zero-order valence-corrected chi connectivity index (χ0v) is 11.9. The summed E-state index contributed by atoms with van der Waals surface area (Å²) in [6.07, 6.45) is 4.74. The number of fused-ring (bicyclic) bond motifs is 1. The van der Waals surface area contributed by atoms with E-state index in [2.05, 4.69) is 0 Å². The molecule has 0 saturated heterocycles. The summed E-state index contributed by atoms with van der Waals surface area (Å²) in [5.41, 5.74) is 0. The number of hydrogen-bond donors (Lipinski definition) is 0. The first-order chi connectivity index (χ1) is 9.65. The third kappa shape index (κ3) is 4.33. The van der Waals surface area contributed by atoms with Crippen molar-refractivity contribution in [3.8, 4) is 11.5 Å². The molecular weight excluding hydrogens is 255 g/mol. The van der Waals surface area contributed by atoms with E-state index in [1.807, 2.05) is 43.2 Å². The van der Waals surface area contributed by atoms with Crippen molar-refractivity contribution in [1.29, 1.82) is 0 Å². The standard InChI is InChI=1S/C15H19BO4/c1-12(18-13(2)17)8-4-3-7-11-16-19-14-9-5-6-10-15(14)20-16/h5-7,9-12H,3-4,8H2,1-2H3. The topological polar surface area (TPSA) is 44.8 Å². The predicted molar refractivity (Wildman–Crippen MR) is 77.7 cm³/mol. The second-order valence-electron chi connectivity index (χ2n) is 4.83. The van der Waals surface area contributed by atoms with Gasteiger partial charge in [-0.05, 0) is 44.3 Å². The van der Waals surface area contributed by atoms with E-state index in [0.717, 1.165) is 30.8 Å². The summed E-state index contributed by atoms with van der Waals surface area (Å²) in [5.74, 6) is 3.26. The maximum Gasteiger partial charge on any atom is 0.624 e. The van der Waals surface area contributed by atoms with Crippen molar-refractivity contribution < 1.29 is 18.8 Å².